The molecule has 0 aliphatic rings. The molecule has 0 aliphatic carbocycles. The molecule has 0 fully saturated rings. The third-order valence-corrected chi connectivity index (χ3v) is 2.67. The molecule has 82 valence electrons. The van der Waals surface area contributed by atoms with Crippen molar-refractivity contribution in [3.05, 3.63) is 40.2 Å². The summed E-state index contributed by atoms with van der Waals surface area (Å²) in [7, 11) is 0. The number of aromatic amines is 1. The molecule has 2 aromatic rings. The lowest BCUT2D eigenvalue weighted by Crippen LogP contribution is -1.95. The Hall–Kier alpha value is -1.69. The van der Waals surface area contributed by atoms with E-state index >= 15 is 0 Å². The van der Waals surface area contributed by atoms with Gasteiger partial charge in [-0.2, -0.15) is 5.10 Å². The summed E-state index contributed by atoms with van der Waals surface area (Å²) in [6.07, 6.45) is 0. The second-order valence-corrected chi connectivity index (χ2v) is 3.96. The van der Waals surface area contributed by atoms with Gasteiger partial charge >= 0.3 is 5.97 Å². The van der Waals surface area contributed by atoms with Crippen LogP contribution < -0.4 is 0 Å². The number of benzene rings is 1. The smallest absolute Gasteiger partial charge is 0.353 e. The largest absolute Gasteiger partial charge is 0.477 e. The molecule has 0 atom stereocenters. The molecule has 16 heavy (non-hydrogen) atoms. The number of nitrogens with zero attached hydrogens (tertiary/aromatic N) is 1. The molecule has 2 rings (SSSR count). The van der Waals surface area contributed by atoms with E-state index in [2.05, 4.69) is 26.1 Å². The lowest BCUT2D eigenvalue weighted by Gasteiger charge is -1.97. The summed E-state index contributed by atoms with van der Waals surface area (Å²) in [5, 5.41) is 14.8. The molecule has 0 saturated heterocycles. The summed E-state index contributed by atoms with van der Waals surface area (Å²) >= 11 is 3.03. The molecule has 0 radical (unpaired) electrons. The van der Waals surface area contributed by atoms with Crippen molar-refractivity contribution in [3.8, 4) is 11.3 Å². The standard InChI is InChI=1S/C10H6BrFN2O2/c11-6-2-1-5(3-7(6)12)8-4-9(10(15)16)14-13-8/h1-4H,(H,13,14)(H,15,16). The van der Waals surface area contributed by atoms with Crippen molar-refractivity contribution in [1.82, 2.24) is 10.2 Å². The highest BCUT2D eigenvalue weighted by Crippen LogP contribution is 2.23. The van der Waals surface area contributed by atoms with Gasteiger partial charge in [0.1, 0.15) is 11.5 Å². The topological polar surface area (TPSA) is 66.0 Å². The third kappa shape index (κ3) is 1.96. The molecule has 0 spiro atoms. The molecule has 6 heteroatoms. The molecule has 0 aliphatic heterocycles. The number of aromatic carboxylic acids is 1. The lowest BCUT2D eigenvalue weighted by atomic mass is 10.1. The van der Waals surface area contributed by atoms with Gasteiger partial charge in [-0.05, 0) is 34.1 Å². The van der Waals surface area contributed by atoms with Crippen LogP contribution in [0.1, 0.15) is 10.5 Å². The van der Waals surface area contributed by atoms with Gasteiger partial charge in [-0.1, -0.05) is 6.07 Å². The summed E-state index contributed by atoms with van der Waals surface area (Å²) in [6, 6.07) is 5.83. The monoisotopic (exact) mass is 284 g/mol. The first-order valence-corrected chi connectivity index (χ1v) is 5.11. The minimum atomic E-state index is -1.10. The highest BCUT2D eigenvalue weighted by Gasteiger charge is 2.10. The average Bonchev–Trinajstić information content (AvgIpc) is 2.71. The van der Waals surface area contributed by atoms with Gasteiger partial charge in [0.15, 0.2) is 0 Å². The second-order valence-electron chi connectivity index (χ2n) is 3.10. The van der Waals surface area contributed by atoms with E-state index in [1.165, 1.54) is 12.1 Å². The Morgan fingerprint density at radius 3 is 2.75 bits per heavy atom. The molecule has 0 saturated carbocycles. The molecule has 1 aromatic carbocycles. The van der Waals surface area contributed by atoms with Crippen LogP contribution in [0.4, 0.5) is 4.39 Å². The SMILES string of the molecule is O=C(O)c1cc(-c2ccc(Br)c(F)c2)n[nH]1. The highest BCUT2D eigenvalue weighted by molar-refractivity contribution is 9.10. The Morgan fingerprint density at radius 1 is 1.44 bits per heavy atom. The van der Waals surface area contributed by atoms with E-state index in [1.807, 2.05) is 0 Å². The fraction of sp³-hybridized carbons (Fsp3) is 0. The highest BCUT2D eigenvalue weighted by atomic mass is 79.9. The first-order valence-electron chi connectivity index (χ1n) is 4.32. The Labute approximate surface area is 98.2 Å². The van der Waals surface area contributed by atoms with E-state index < -0.39 is 11.8 Å². The number of halogens is 2. The Balaban J connectivity index is 2.42. The van der Waals surface area contributed by atoms with E-state index in [0.29, 0.717) is 15.7 Å². The quantitative estimate of drug-likeness (QED) is 0.891. The van der Waals surface area contributed by atoms with Crippen molar-refractivity contribution in [3.63, 3.8) is 0 Å². The summed E-state index contributed by atoms with van der Waals surface area (Å²) < 4.78 is 13.6. The van der Waals surface area contributed by atoms with Gasteiger partial charge in [0.05, 0.1) is 10.2 Å². The van der Waals surface area contributed by atoms with Gasteiger partial charge in [-0.15, -0.1) is 0 Å². The van der Waals surface area contributed by atoms with Gasteiger partial charge in [0, 0.05) is 5.56 Å². The van der Waals surface area contributed by atoms with Crippen molar-refractivity contribution in [2.24, 2.45) is 0 Å². The van der Waals surface area contributed by atoms with E-state index in [1.54, 1.807) is 12.1 Å². The van der Waals surface area contributed by atoms with Crippen LogP contribution in [0.15, 0.2) is 28.7 Å². The van der Waals surface area contributed by atoms with Crippen LogP contribution in [-0.4, -0.2) is 21.3 Å². The molecule has 2 N–H and O–H groups in total. The number of nitrogens with one attached hydrogen (secondary N) is 1. The molecule has 0 unspecified atom stereocenters. The second kappa shape index (κ2) is 4.05. The number of carboxylic acid groups (broad SMARTS) is 1. The zero-order valence-electron chi connectivity index (χ0n) is 7.87. The minimum Gasteiger partial charge on any atom is -0.477 e. The molecule has 4 nitrogen and oxygen atoms in total. The van der Waals surface area contributed by atoms with E-state index in [9.17, 15) is 9.18 Å². The Morgan fingerprint density at radius 2 is 2.19 bits per heavy atom. The predicted molar refractivity (Wildman–Crippen MR) is 58.6 cm³/mol. The number of aromatic nitrogens is 2. The van der Waals surface area contributed by atoms with E-state index in [0.717, 1.165) is 0 Å². The minimum absolute atomic E-state index is 0.0293. The fourth-order valence-electron chi connectivity index (χ4n) is 1.23. The van der Waals surface area contributed by atoms with Gasteiger partial charge in [-0.25, -0.2) is 9.18 Å². The lowest BCUT2D eigenvalue weighted by molar-refractivity contribution is 0.0690. The average molecular weight is 285 g/mol. The number of carbonyl (C=O) groups is 1. The summed E-state index contributed by atoms with van der Waals surface area (Å²) in [5.74, 6) is -1.52. The summed E-state index contributed by atoms with van der Waals surface area (Å²) in [4.78, 5) is 10.6. The van der Waals surface area contributed by atoms with Crippen LogP contribution in [0, 0.1) is 5.82 Å². The summed E-state index contributed by atoms with van der Waals surface area (Å²) in [5.41, 5.74) is 0.881. The molecular weight excluding hydrogens is 279 g/mol. The molecular formula is C10H6BrFN2O2. The number of carboxylic acids is 1. The van der Waals surface area contributed by atoms with Crippen LogP contribution in [0.3, 0.4) is 0 Å². The van der Waals surface area contributed by atoms with Crippen molar-refractivity contribution >= 4 is 21.9 Å². The van der Waals surface area contributed by atoms with Crippen molar-refractivity contribution in [2.75, 3.05) is 0 Å². The fourth-order valence-corrected chi connectivity index (χ4v) is 1.48. The number of hydrogen-bond donors (Lipinski definition) is 2. The van der Waals surface area contributed by atoms with Crippen LogP contribution in [-0.2, 0) is 0 Å². The molecule has 0 amide bonds. The van der Waals surface area contributed by atoms with Gasteiger partial charge in [0.25, 0.3) is 0 Å². The van der Waals surface area contributed by atoms with Crippen molar-refractivity contribution in [1.29, 1.82) is 0 Å². The van der Waals surface area contributed by atoms with E-state index in [-0.39, 0.29) is 5.69 Å². The van der Waals surface area contributed by atoms with Crippen LogP contribution in [0.25, 0.3) is 11.3 Å². The van der Waals surface area contributed by atoms with Gasteiger partial charge in [0.2, 0.25) is 0 Å². The maximum atomic E-state index is 13.2. The molecule has 0 bridgehead atoms. The Bertz CT molecular complexity index is 554. The van der Waals surface area contributed by atoms with Crippen molar-refractivity contribution < 1.29 is 14.3 Å². The van der Waals surface area contributed by atoms with Crippen molar-refractivity contribution in [2.45, 2.75) is 0 Å². The van der Waals surface area contributed by atoms with Crippen LogP contribution in [0.2, 0.25) is 0 Å². The first-order chi connectivity index (χ1) is 7.58. The zero-order chi connectivity index (χ0) is 11.7. The zero-order valence-corrected chi connectivity index (χ0v) is 9.45. The first kappa shape index (κ1) is 10.8. The molecule has 1 heterocycles. The van der Waals surface area contributed by atoms with Gasteiger partial charge in [-0.3, -0.25) is 5.10 Å². The number of H-pyrrole nitrogens is 1. The normalized spacial score (nSPS) is 10.4. The van der Waals surface area contributed by atoms with E-state index in [4.69, 9.17) is 5.11 Å². The van der Waals surface area contributed by atoms with Crippen LogP contribution >= 0.6 is 15.9 Å². The molecule has 1 aromatic heterocycles. The van der Waals surface area contributed by atoms with Crippen LogP contribution in [0.5, 0.6) is 0 Å². The third-order valence-electron chi connectivity index (χ3n) is 2.02. The number of hydrogen-bond acceptors (Lipinski definition) is 2. The van der Waals surface area contributed by atoms with Gasteiger partial charge < -0.3 is 5.11 Å². The Kier molecular flexibility index (Phi) is 2.74. The maximum absolute atomic E-state index is 13.2. The maximum Gasteiger partial charge on any atom is 0.353 e. The summed E-state index contributed by atoms with van der Waals surface area (Å²) in [6.45, 7) is 0. The predicted octanol–water partition coefficient (Wildman–Crippen LogP) is 2.68. The number of rotatable bonds is 2.